The van der Waals surface area contributed by atoms with Crippen LogP contribution in [0.3, 0.4) is 0 Å². The average molecular weight is 293 g/mol. The predicted molar refractivity (Wildman–Crippen MR) is 63.4 cm³/mol. The van der Waals surface area contributed by atoms with Crippen molar-refractivity contribution in [3.8, 4) is 0 Å². The van der Waals surface area contributed by atoms with Crippen LogP contribution in [0.15, 0.2) is 0 Å². The van der Waals surface area contributed by atoms with E-state index >= 15 is 0 Å². The first-order chi connectivity index (χ1) is 9.08. The molecule has 1 unspecified atom stereocenters. The van der Waals surface area contributed by atoms with Gasteiger partial charge in [-0.2, -0.15) is 0 Å². The van der Waals surface area contributed by atoms with Gasteiger partial charge in [0.1, 0.15) is 12.2 Å². The summed E-state index contributed by atoms with van der Waals surface area (Å²) < 4.78 is 4.91. The number of hydrogen-bond donors (Lipinski definition) is 6. The van der Waals surface area contributed by atoms with E-state index in [4.69, 9.17) is 9.84 Å². The van der Waals surface area contributed by atoms with Crippen LogP contribution in [0.5, 0.6) is 0 Å². The van der Waals surface area contributed by atoms with Gasteiger partial charge in [0.15, 0.2) is 0 Å². The smallest absolute Gasteiger partial charge is 0.364 e. The number of aliphatic hydroxyl groups excluding tert-OH is 3. The molecule has 0 spiro atoms. The zero-order valence-corrected chi connectivity index (χ0v) is 11.1. The van der Waals surface area contributed by atoms with Crippen molar-refractivity contribution in [2.45, 2.75) is 56.5 Å². The van der Waals surface area contributed by atoms with Crippen LogP contribution in [0.4, 0.5) is 0 Å². The lowest BCUT2D eigenvalue weighted by atomic mass is 9.89. The Bertz CT molecular complexity index is 387. The highest BCUT2D eigenvalue weighted by Gasteiger charge is 2.53. The summed E-state index contributed by atoms with van der Waals surface area (Å²) in [6, 6.07) is -1.16. The van der Waals surface area contributed by atoms with Crippen LogP contribution >= 0.6 is 0 Å². The highest BCUT2D eigenvalue weighted by atomic mass is 16.7. The van der Waals surface area contributed by atoms with Crippen LogP contribution in [0.1, 0.15) is 20.3 Å². The highest BCUT2D eigenvalue weighted by Crippen LogP contribution is 2.30. The second kappa shape index (κ2) is 6.02. The van der Waals surface area contributed by atoms with Crippen molar-refractivity contribution >= 4 is 11.9 Å². The molecule has 1 amide bonds. The van der Waals surface area contributed by atoms with E-state index in [-0.39, 0.29) is 0 Å². The van der Waals surface area contributed by atoms with Gasteiger partial charge >= 0.3 is 5.97 Å². The average Bonchev–Trinajstić information content (AvgIpc) is 2.30. The SMILES string of the molecule is CC(=O)N[C@H]1C([C@H](O)[C@@H](C)O)O[C@](O)(C(=O)O)C[C@H]1O. The normalized spacial score (nSPS) is 37.0. The molecule has 9 heteroatoms. The molecule has 0 radical (unpaired) electrons. The molecule has 1 rings (SSSR count). The Morgan fingerprint density at radius 2 is 1.95 bits per heavy atom. The monoisotopic (exact) mass is 293 g/mol. The highest BCUT2D eigenvalue weighted by molar-refractivity contribution is 5.76. The third kappa shape index (κ3) is 3.44. The number of carbonyl (C=O) groups excluding carboxylic acids is 1. The predicted octanol–water partition coefficient (Wildman–Crippen LogP) is -2.84. The summed E-state index contributed by atoms with van der Waals surface area (Å²) in [6.45, 7) is 2.39. The summed E-state index contributed by atoms with van der Waals surface area (Å²) in [6.07, 6.45) is -6.56. The van der Waals surface area contributed by atoms with Crippen LogP contribution in [-0.4, -0.2) is 73.7 Å². The quantitative estimate of drug-likeness (QED) is 0.323. The van der Waals surface area contributed by atoms with Gasteiger partial charge in [-0.15, -0.1) is 0 Å². The van der Waals surface area contributed by atoms with E-state index in [9.17, 15) is 30.0 Å². The summed E-state index contributed by atoms with van der Waals surface area (Å²) in [7, 11) is 0. The fourth-order valence-corrected chi connectivity index (χ4v) is 2.08. The van der Waals surface area contributed by atoms with Crippen LogP contribution < -0.4 is 5.32 Å². The molecule has 0 bridgehead atoms. The van der Waals surface area contributed by atoms with Gasteiger partial charge in [0.05, 0.1) is 18.2 Å². The lowest BCUT2D eigenvalue weighted by molar-refractivity contribution is -0.293. The van der Waals surface area contributed by atoms with Crippen LogP contribution in [0.25, 0.3) is 0 Å². The second-order valence-electron chi connectivity index (χ2n) is 4.90. The largest absolute Gasteiger partial charge is 0.477 e. The molecule has 6 N–H and O–H groups in total. The molecule has 1 fully saturated rings. The molecule has 1 saturated heterocycles. The van der Waals surface area contributed by atoms with Gasteiger partial charge < -0.3 is 35.6 Å². The summed E-state index contributed by atoms with van der Waals surface area (Å²) in [5.41, 5.74) is 0. The first-order valence-corrected chi connectivity index (χ1v) is 6.03. The molecular weight excluding hydrogens is 274 g/mol. The molecule has 0 aromatic heterocycles. The Kier molecular flexibility index (Phi) is 5.05. The summed E-state index contributed by atoms with van der Waals surface area (Å²) in [5, 5.41) is 50.1. The third-order valence-corrected chi connectivity index (χ3v) is 3.12. The number of rotatable bonds is 4. The maximum Gasteiger partial charge on any atom is 0.364 e. The van der Waals surface area contributed by atoms with Gasteiger partial charge in [0, 0.05) is 13.3 Å². The minimum absolute atomic E-state index is 0.541. The van der Waals surface area contributed by atoms with E-state index in [1.807, 2.05) is 0 Å². The van der Waals surface area contributed by atoms with Crippen LogP contribution in [0, 0.1) is 0 Å². The lowest BCUT2D eigenvalue weighted by Crippen LogP contribution is -2.66. The number of carboxylic acid groups (broad SMARTS) is 1. The Morgan fingerprint density at radius 1 is 1.40 bits per heavy atom. The number of amides is 1. The number of hydrogen-bond acceptors (Lipinski definition) is 7. The maximum absolute atomic E-state index is 11.1. The molecule has 1 heterocycles. The molecule has 1 aliphatic rings. The fraction of sp³-hybridized carbons (Fsp3) is 0.818. The third-order valence-electron chi connectivity index (χ3n) is 3.12. The van der Waals surface area contributed by atoms with E-state index in [0.29, 0.717) is 0 Å². The zero-order chi connectivity index (χ0) is 15.7. The van der Waals surface area contributed by atoms with Crippen LogP contribution in [-0.2, 0) is 14.3 Å². The summed E-state index contributed by atoms with van der Waals surface area (Å²) in [4.78, 5) is 22.1. The van der Waals surface area contributed by atoms with Gasteiger partial charge in [0.2, 0.25) is 5.91 Å². The van der Waals surface area contributed by atoms with Crippen molar-refractivity contribution in [1.29, 1.82) is 0 Å². The minimum atomic E-state index is -2.70. The van der Waals surface area contributed by atoms with Gasteiger partial charge in [-0.05, 0) is 6.92 Å². The number of carbonyl (C=O) groups is 2. The van der Waals surface area contributed by atoms with E-state index in [1.54, 1.807) is 0 Å². The van der Waals surface area contributed by atoms with Gasteiger partial charge in [-0.1, -0.05) is 0 Å². The van der Waals surface area contributed by atoms with Crippen LogP contribution in [0.2, 0.25) is 0 Å². The number of aliphatic carboxylic acids is 1. The Morgan fingerprint density at radius 3 is 2.35 bits per heavy atom. The second-order valence-corrected chi connectivity index (χ2v) is 4.90. The molecule has 0 saturated carbocycles. The Hall–Kier alpha value is -1.26. The summed E-state index contributed by atoms with van der Waals surface area (Å²) in [5.74, 6) is -4.98. The first kappa shape index (κ1) is 16.8. The molecule has 0 aromatic rings. The zero-order valence-electron chi connectivity index (χ0n) is 11.1. The van der Waals surface area contributed by atoms with Gasteiger partial charge in [0.25, 0.3) is 5.79 Å². The number of nitrogens with one attached hydrogen (secondary N) is 1. The van der Waals surface area contributed by atoms with Crippen molar-refractivity contribution in [3.63, 3.8) is 0 Å². The maximum atomic E-state index is 11.1. The topological polar surface area (TPSA) is 157 Å². The molecule has 6 atom stereocenters. The van der Waals surface area contributed by atoms with Crippen molar-refractivity contribution in [2.24, 2.45) is 0 Å². The van der Waals surface area contributed by atoms with Crippen molar-refractivity contribution in [2.75, 3.05) is 0 Å². The number of ether oxygens (including phenoxy) is 1. The van der Waals surface area contributed by atoms with Crippen molar-refractivity contribution in [3.05, 3.63) is 0 Å². The minimum Gasteiger partial charge on any atom is -0.477 e. The van der Waals surface area contributed by atoms with Crippen molar-refractivity contribution < 1.29 is 39.9 Å². The fourth-order valence-electron chi connectivity index (χ4n) is 2.08. The molecule has 0 aromatic carbocycles. The number of aliphatic hydroxyl groups is 4. The first-order valence-electron chi connectivity index (χ1n) is 6.03. The van der Waals surface area contributed by atoms with Gasteiger partial charge in [-0.3, -0.25) is 4.79 Å². The summed E-state index contributed by atoms with van der Waals surface area (Å²) >= 11 is 0. The molecule has 116 valence electrons. The lowest BCUT2D eigenvalue weighted by Gasteiger charge is -2.44. The molecule has 20 heavy (non-hydrogen) atoms. The standard InChI is InChI=1S/C11H19NO8/c1-4(13)8(16)9-7(12-5(2)14)6(15)3-11(19,20-9)10(17)18/h4,6-9,13,15-16,19H,3H2,1-2H3,(H,12,14)(H,17,18)/t4-,6-,7-,8-,9?,11+/m1/s1. The van der Waals surface area contributed by atoms with E-state index in [2.05, 4.69) is 5.32 Å². The van der Waals surface area contributed by atoms with E-state index in [1.165, 1.54) is 6.92 Å². The molecule has 1 aliphatic heterocycles. The number of carboxylic acids is 1. The molecular formula is C11H19NO8. The van der Waals surface area contributed by atoms with E-state index < -0.39 is 54.5 Å². The Labute approximate surface area is 114 Å². The molecule has 0 aliphatic carbocycles. The molecule has 9 nitrogen and oxygen atoms in total. The Balaban J connectivity index is 3.06. The van der Waals surface area contributed by atoms with Crippen molar-refractivity contribution in [1.82, 2.24) is 5.32 Å². The van der Waals surface area contributed by atoms with E-state index in [0.717, 1.165) is 6.92 Å². The van der Waals surface area contributed by atoms with Gasteiger partial charge in [-0.25, -0.2) is 4.79 Å².